The summed E-state index contributed by atoms with van der Waals surface area (Å²) in [6, 6.07) is 0.518. The largest absolute Gasteiger partial charge is 0.386 e. The standard InChI is InChI=1S/C16H28N4/c1-4-14(2)20-12-15(3)18-10-7-11-19-16-8-5-6-9-17-13-16/h6,9-10,14,17,20H,3-5,7-8,11-13H2,1-2H3/t14-/m1/s1. The molecular formula is C16H28N4. The Kier molecular flexibility index (Phi) is 8.63. The van der Waals surface area contributed by atoms with Crippen molar-refractivity contribution in [3.63, 3.8) is 0 Å². The quantitative estimate of drug-likeness (QED) is 0.529. The maximum Gasteiger partial charge on any atom is 0.0524 e. The first-order chi connectivity index (χ1) is 9.72. The Morgan fingerprint density at radius 1 is 1.60 bits per heavy atom. The molecule has 1 aliphatic heterocycles. The predicted octanol–water partition coefficient (Wildman–Crippen LogP) is 2.69. The molecule has 0 saturated carbocycles. The minimum Gasteiger partial charge on any atom is -0.386 e. The van der Waals surface area contributed by atoms with E-state index in [1.165, 1.54) is 5.71 Å². The maximum absolute atomic E-state index is 4.61. The summed E-state index contributed by atoms with van der Waals surface area (Å²) in [5, 5.41) is 6.60. The second-order valence-electron chi connectivity index (χ2n) is 5.13. The van der Waals surface area contributed by atoms with Gasteiger partial charge in [0, 0.05) is 43.2 Å². The third kappa shape index (κ3) is 7.89. The summed E-state index contributed by atoms with van der Waals surface area (Å²) >= 11 is 0. The first kappa shape index (κ1) is 16.6. The first-order valence-electron chi connectivity index (χ1n) is 7.56. The van der Waals surface area contributed by atoms with Crippen LogP contribution < -0.4 is 10.6 Å². The van der Waals surface area contributed by atoms with Gasteiger partial charge in [-0.25, -0.2) is 0 Å². The third-order valence-electron chi connectivity index (χ3n) is 3.28. The third-order valence-corrected chi connectivity index (χ3v) is 3.28. The molecular weight excluding hydrogens is 248 g/mol. The van der Waals surface area contributed by atoms with Crippen LogP contribution in [0.15, 0.2) is 34.5 Å². The monoisotopic (exact) mass is 276 g/mol. The highest BCUT2D eigenvalue weighted by Crippen LogP contribution is 1.99. The van der Waals surface area contributed by atoms with Crippen molar-refractivity contribution in [1.29, 1.82) is 0 Å². The van der Waals surface area contributed by atoms with Crippen LogP contribution in [0.3, 0.4) is 0 Å². The molecule has 0 spiro atoms. The van der Waals surface area contributed by atoms with E-state index in [-0.39, 0.29) is 0 Å². The molecule has 1 aliphatic rings. The number of nitrogens with one attached hydrogen (secondary N) is 2. The van der Waals surface area contributed by atoms with Crippen LogP contribution >= 0.6 is 0 Å². The molecule has 0 radical (unpaired) electrons. The van der Waals surface area contributed by atoms with Crippen LogP contribution in [0.5, 0.6) is 0 Å². The molecule has 2 N–H and O–H groups in total. The number of aliphatic imine (C=N–C) groups is 2. The molecule has 112 valence electrons. The Morgan fingerprint density at radius 3 is 3.25 bits per heavy atom. The molecule has 0 aromatic heterocycles. The van der Waals surface area contributed by atoms with Gasteiger partial charge in [0.15, 0.2) is 0 Å². The lowest BCUT2D eigenvalue weighted by Crippen LogP contribution is -2.26. The minimum absolute atomic E-state index is 0.518. The summed E-state index contributed by atoms with van der Waals surface area (Å²) in [5.41, 5.74) is 2.14. The average molecular weight is 276 g/mol. The first-order valence-corrected chi connectivity index (χ1v) is 7.56. The van der Waals surface area contributed by atoms with Crippen molar-refractivity contribution in [3.8, 4) is 0 Å². The molecule has 0 amide bonds. The van der Waals surface area contributed by atoms with Crippen LogP contribution in [0.25, 0.3) is 0 Å². The Hall–Kier alpha value is -1.42. The highest BCUT2D eigenvalue weighted by atomic mass is 14.9. The molecule has 0 bridgehead atoms. The van der Waals surface area contributed by atoms with Crippen LogP contribution in [-0.4, -0.2) is 37.6 Å². The van der Waals surface area contributed by atoms with Crippen LogP contribution in [0.2, 0.25) is 0 Å². The van der Waals surface area contributed by atoms with E-state index in [2.05, 4.69) is 47.1 Å². The van der Waals surface area contributed by atoms with Gasteiger partial charge in [0.05, 0.1) is 6.54 Å². The molecule has 4 heteroatoms. The lowest BCUT2D eigenvalue weighted by atomic mass is 10.2. The summed E-state index contributed by atoms with van der Waals surface area (Å²) in [6.45, 7) is 10.7. The summed E-state index contributed by atoms with van der Waals surface area (Å²) in [4.78, 5) is 8.96. The van der Waals surface area contributed by atoms with Gasteiger partial charge in [0.1, 0.15) is 0 Å². The topological polar surface area (TPSA) is 48.8 Å². The zero-order valence-corrected chi connectivity index (χ0v) is 12.9. The lowest BCUT2D eigenvalue weighted by Gasteiger charge is -2.10. The van der Waals surface area contributed by atoms with Gasteiger partial charge in [-0.3, -0.25) is 9.98 Å². The van der Waals surface area contributed by atoms with Crippen molar-refractivity contribution in [1.82, 2.24) is 10.6 Å². The Balaban J connectivity index is 2.14. The number of hydrogen-bond donors (Lipinski definition) is 2. The van der Waals surface area contributed by atoms with Crippen molar-refractivity contribution in [3.05, 3.63) is 24.6 Å². The van der Waals surface area contributed by atoms with E-state index in [0.29, 0.717) is 6.04 Å². The van der Waals surface area contributed by atoms with E-state index in [9.17, 15) is 0 Å². The van der Waals surface area contributed by atoms with Crippen molar-refractivity contribution in [2.75, 3.05) is 19.6 Å². The summed E-state index contributed by atoms with van der Waals surface area (Å²) in [5.74, 6) is 0. The molecule has 0 unspecified atom stereocenters. The van der Waals surface area contributed by atoms with Crippen molar-refractivity contribution in [2.45, 2.75) is 45.6 Å². The number of rotatable bonds is 8. The lowest BCUT2D eigenvalue weighted by molar-refractivity contribution is 0.559. The molecule has 0 fully saturated rings. The van der Waals surface area contributed by atoms with E-state index in [0.717, 1.165) is 51.0 Å². The minimum atomic E-state index is 0.518. The predicted molar refractivity (Wildman–Crippen MR) is 88.7 cm³/mol. The highest BCUT2D eigenvalue weighted by Gasteiger charge is 2.00. The van der Waals surface area contributed by atoms with Gasteiger partial charge in [-0.15, -0.1) is 0 Å². The molecule has 1 rings (SSSR count). The number of allylic oxidation sites excluding steroid dienone is 1. The van der Waals surface area contributed by atoms with Gasteiger partial charge in [-0.1, -0.05) is 19.6 Å². The van der Waals surface area contributed by atoms with E-state index >= 15 is 0 Å². The Labute approximate surface area is 123 Å². The number of nitrogens with zero attached hydrogens (tertiary/aromatic N) is 2. The van der Waals surface area contributed by atoms with Crippen molar-refractivity contribution >= 4 is 11.9 Å². The van der Waals surface area contributed by atoms with Gasteiger partial charge in [0.2, 0.25) is 0 Å². The zero-order valence-electron chi connectivity index (χ0n) is 12.9. The van der Waals surface area contributed by atoms with Gasteiger partial charge in [-0.05, 0) is 32.4 Å². The van der Waals surface area contributed by atoms with Crippen LogP contribution in [0, 0.1) is 0 Å². The fourth-order valence-corrected chi connectivity index (χ4v) is 1.77. The smallest absolute Gasteiger partial charge is 0.0524 e. The van der Waals surface area contributed by atoms with E-state index in [1.807, 2.05) is 12.4 Å². The molecule has 0 saturated heterocycles. The second kappa shape index (κ2) is 10.4. The van der Waals surface area contributed by atoms with Gasteiger partial charge in [0.25, 0.3) is 0 Å². The van der Waals surface area contributed by atoms with E-state index in [4.69, 9.17) is 0 Å². The molecule has 20 heavy (non-hydrogen) atoms. The SMILES string of the molecule is C=C(CN[C@H](C)CC)N=CCCN=C1CCC=CNC1. The molecule has 1 heterocycles. The average Bonchev–Trinajstić information content (AvgIpc) is 2.73. The van der Waals surface area contributed by atoms with E-state index < -0.39 is 0 Å². The molecule has 0 aromatic carbocycles. The Bertz CT molecular complexity index is 357. The van der Waals surface area contributed by atoms with Gasteiger partial charge in [-0.2, -0.15) is 0 Å². The summed E-state index contributed by atoms with van der Waals surface area (Å²) in [6.07, 6.45) is 10.2. The summed E-state index contributed by atoms with van der Waals surface area (Å²) < 4.78 is 0. The molecule has 1 atom stereocenters. The highest BCUT2D eigenvalue weighted by molar-refractivity contribution is 5.87. The van der Waals surface area contributed by atoms with Crippen molar-refractivity contribution < 1.29 is 0 Å². The fraction of sp³-hybridized carbons (Fsp3) is 0.625. The fourth-order valence-electron chi connectivity index (χ4n) is 1.77. The van der Waals surface area contributed by atoms with Gasteiger partial charge < -0.3 is 10.6 Å². The molecule has 0 aromatic rings. The molecule has 4 nitrogen and oxygen atoms in total. The van der Waals surface area contributed by atoms with Crippen LogP contribution in [-0.2, 0) is 0 Å². The normalized spacial score (nSPS) is 19.0. The van der Waals surface area contributed by atoms with E-state index in [1.54, 1.807) is 0 Å². The number of hydrogen-bond acceptors (Lipinski definition) is 4. The second-order valence-corrected chi connectivity index (χ2v) is 5.13. The van der Waals surface area contributed by atoms with Crippen molar-refractivity contribution in [2.24, 2.45) is 9.98 Å². The van der Waals surface area contributed by atoms with Crippen LogP contribution in [0.1, 0.15) is 39.5 Å². The van der Waals surface area contributed by atoms with Crippen LogP contribution in [0.4, 0.5) is 0 Å². The zero-order chi connectivity index (χ0) is 14.6. The maximum atomic E-state index is 4.61. The summed E-state index contributed by atoms with van der Waals surface area (Å²) in [7, 11) is 0. The Morgan fingerprint density at radius 2 is 2.45 bits per heavy atom. The molecule has 0 aliphatic carbocycles. The van der Waals surface area contributed by atoms with Gasteiger partial charge >= 0.3 is 0 Å².